The molecule has 0 aliphatic carbocycles. The van der Waals surface area contributed by atoms with Crippen LogP contribution in [0.5, 0.6) is 0 Å². The summed E-state index contributed by atoms with van der Waals surface area (Å²) in [4.78, 5) is 14.2. The van der Waals surface area contributed by atoms with E-state index in [-0.39, 0.29) is 11.9 Å². The van der Waals surface area contributed by atoms with Gasteiger partial charge in [-0.15, -0.1) is 0 Å². The second-order valence-electron chi connectivity index (χ2n) is 6.20. The predicted molar refractivity (Wildman–Crippen MR) is 85.2 cm³/mol. The van der Waals surface area contributed by atoms with E-state index in [0.717, 1.165) is 32.5 Å². The van der Waals surface area contributed by atoms with Gasteiger partial charge in [-0.25, -0.2) is 0 Å². The number of hydrogen-bond acceptors (Lipinski definition) is 3. The van der Waals surface area contributed by atoms with Crippen molar-refractivity contribution >= 4 is 5.97 Å². The molecular formula is C18H27NO2. The van der Waals surface area contributed by atoms with Crippen molar-refractivity contribution in [3.63, 3.8) is 0 Å². The van der Waals surface area contributed by atoms with Gasteiger partial charge in [-0.05, 0) is 49.9 Å². The molecule has 2 rings (SSSR count). The highest BCUT2D eigenvalue weighted by Crippen LogP contribution is 2.21. The molecule has 1 aliphatic heterocycles. The second kappa shape index (κ2) is 7.60. The van der Waals surface area contributed by atoms with Gasteiger partial charge in [0.05, 0.1) is 12.5 Å². The van der Waals surface area contributed by atoms with Crippen molar-refractivity contribution in [1.29, 1.82) is 0 Å². The van der Waals surface area contributed by atoms with Gasteiger partial charge in [0, 0.05) is 6.54 Å². The average Bonchev–Trinajstić information content (AvgIpc) is 2.49. The van der Waals surface area contributed by atoms with Crippen molar-refractivity contribution < 1.29 is 9.53 Å². The Hall–Kier alpha value is -1.35. The molecule has 1 aromatic rings. The Bertz CT molecular complexity index is 445. The van der Waals surface area contributed by atoms with Crippen LogP contribution in [-0.2, 0) is 16.1 Å². The third-order valence-corrected chi connectivity index (χ3v) is 4.26. The maximum absolute atomic E-state index is 11.7. The van der Waals surface area contributed by atoms with E-state index >= 15 is 0 Å². The molecule has 116 valence electrons. The SMILES string of the molecule is CCOC(=O)C1CCN(Cc2ccc(C(C)C)cc2)CC1. The maximum Gasteiger partial charge on any atom is 0.309 e. The van der Waals surface area contributed by atoms with E-state index in [0.29, 0.717) is 12.5 Å². The summed E-state index contributed by atoms with van der Waals surface area (Å²) in [5, 5.41) is 0. The number of carbonyl (C=O) groups is 1. The van der Waals surface area contributed by atoms with Crippen molar-refractivity contribution in [3.8, 4) is 0 Å². The highest BCUT2D eigenvalue weighted by molar-refractivity contribution is 5.72. The lowest BCUT2D eigenvalue weighted by molar-refractivity contribution is -0.149. The first-order valence-electron chi connectivity index (χ1n) is 8.08. The van der Waals surface area contributed by atoms with Gasteiger partial charge in [0.25, 0.3) is 0 Å². The number of hydrogen-bond donors (Lipinski definition) is 0. The van der Waals surface area contributed by atoms with Gasteiger partial charge in [0.2, 0.25) is 0 Å². The van der Waals surface area contributed by atoms with Gasteiger partial charge in [-0.2, -0.15) is 0 Å². The first-order valence-corrected chi connectivity index (χ1v) is 8.08. The van der Waals surface area contributed by atoms with E-state index in [1.54, 1.807) is 0 Å². The second-order valence-corrected chi connectivity index (χ2v) is 6.20. The number of esters is 1. The number of rotatable bonds is 5. The molecule has 21 heavy (non-hydrogen) atoms. The van der Waals surface area contributed by atoms with Crippen LogP contribution in [0.1, 0.15) is 50.7 Å². The van der Waals surface area contributed by atoms with E-state index in [2.05, 4.69) is 43.0 Å². The van der Waals surface area contributed by atoms with E-state index < -0.39 is 0 Å². The summed E-state index contributed by atoms with van der Waals surface area (Å²) in [6, 6.07) is 8.91. The molecule has 1 aliphatic rings. The number of carbonyl (C=O) groups excluding carboxylic acids is 1. The summed E-state index contributed by atoms with van der Waals surface area (Å²) in [6.45, 7) is 9.73. The van der Waals surface area contributed by atoms with Crippen LogP contribution in [-0.4, -0.2) is 30.6 Å². The quantitative estimate of drug-likeness (QED) is 0.776. The lowest BCUT2D eigenvalue weighted by Crippen LogP contribution is -2.36. The number of piperidine rings is 1. The first kappa shape index (κ1) is 16.0. The lowest BCUT2D eigenvalue weighted by Gasteiger charge is -2.30. The molecule has 0 N–H and O–H groups in total. The summed E-state index contributed by atoms with van der Waals surface area (Å²) in [6.07, 6.45) is 1.84. The molecule has 0 unspecified atom stereocenters. The molecule has 0 saturated carbocycles. The van der Waals surface area contributed by atoms with Crippen LogP contribution in [0.25, 0.3) is 0 Å². The first-order chi connectivity index (χ1) is 10.1. The van der Waals surface area contributed by atoms with Gasteiger partial charge in [0.15, 0.2) is 0 Å². The fraction of sp³-hybridized carbons (Fsp3) is 0.611. The minimum atomic E-state index is -0.0153. The molecule has 0 aromatic heterocycles. The molecule has 1 saturated heterocycles. The molecule has 0 amide bonds. The zero-order chi connectivity index (χ0) is 15.2. The largest absolute Gasteiger partial charge is 0.466 e. The minimum absolute atomic E-state index is 0.0153. The fourth-order valence-electron chi connectivity index (χ4n) is 2.85. The zero-order valence-electron chi connectivity index (χ0n) is 13.5. The van der Waals surface area contributed by atoms with Crippen LogP contribution in [0.3, 0.4) is 0 Å². The van der Waals surface area contributed by atoms with Gasteiger partial charge in [0.1, 0.15) is 0 Å². The van der Waals surface area contributed by atoms with Gasteiger partial charge < -0.3 is 4.74 Å². The highest BCUT2D eigenvalue weighted by atomic mass is 16.5. The number of nitrogens with zero attached hydrogens (tertiary/aromatic N) is 1. The monoisotopic (exact) mass is 289 g/mol. The molecular weight excluding hydrogens is 262 g/mol. The average molecular weight is 289 g/mol. The van der Waals surface area contributed by atoms with E-state index in [1.165, 1.54) is 11.1 Å². The van der Waals surface area contributed by atoms with Crippen LogP contribution >= 0.6 is 0 Å². The fourth-order valence-corrected chi connectivity index (χ4v) is 2.85. The predicted octanol–water partition coefficient (Wildman–Crippen LogP) is 3.59. The summed E-state index contributed by atoms with van der Waals surface area (Å²) < 4.78 is 5.11. The minimum Gasteiger partial charge on any atom is -0.466 e. The molecule has 0 spiro atoms. The van der Waals surface area contributed by atoms with E-state index in [9.17, 15) is 4.79 Å². The smallest absolute Gasteiger partial charge is 0.309 e. The molecule has 3 nitrogen and oxygen atoms in total. The van der Waals surface area contributed by atoms with Gasteiger partial charge in [-0.1, -0.05) is 38.1 Å². The Morgan fingerprint density at radius 1 is 1.24 bits per heavy atom. The van der Waals surface area contributed by atoms with Crippen LogP contribution in [0.4, 0.5) is 0 Å². The topological polar surface area (TPSA) is 29.5 Å². The van der Waals surface area contributed by atoms with Crippen molar-refractivity contribution in [2.45, 2.75) is 46.1 Å². The van der Waals surface area contributed by atoms with Gasteiger partial charge in [-0.3, -0.25) is 9.69 Å². The van der Waals surface area contributed by atoms with Crippen molar-refractivity contribution in [2.24, 2.45) is 5.92 Å². The third-order valence-electron chi connectivity index (χ3n) is 4.26. The number of likely N-dealkylation sites (tertiary alicyclic amines) is 1. The molecule has 0 radical (unpaired) electrons. The maximum atomic E-state index is 11.7. The molecule has 0 bridgehead atoms. The Labute approximate surface area is 128 Å². The Morgan fingerprint density at radius 3 is 2.38 bits per heavy atom. The van der Waals surface area contributed by atoms with Crippen molar-refractivity contribution in [2.75, 3.05) is 19.7 Å². The molecule has 1 aromatic carbocycles. The summed E-state index contributed by atoms with van der Waals surface area (Å²) >= 11 is 0. The number of benzene rings is 1. The highest BCUT2D eigenvalue weighted by Gasteiger charge is 2.25. The molecule has 1 heterocycles. The molecule has 1 fully saturated rings. The van der Waals surface area contributed by atoms with Crippen molar-refractivity contribution in [1.82, 2.24) is 4.90 Å². The third kappa shape index (κ3) is 4.57. The van der Waals surface area contributed by atoms with Crippen LogP contribution in [0.2, 0.25) is 0 Å². The van der Waals surface area contributed by atoms with Gasteiger partial charge >= 0.3 is 5.97 Å². The van der Waals surface area contributed by atoms with E-state index in [1.807, 2.05) is 6.92 Å². The lowest BCUT2D eigenvalue weighted by atomic mass is 9.96. The van der Waals surface area contributed by atoms with E-state index in [4.69, 9.17) is 4.74 Å². The Morgan fingerprint density at radius 2 is 1.86 bits per heavy atom. The standard InChI is InChI=1S/C18H27NO2/c1-4-21-18(20)17-9-11-19(12-10-17)13-15-5-7-16(8-6-15)14(2)3/h5-8,14,17H,4,9-13H2,1-3H3. The van der Waals surface area contributed by atoms with Crippen LogP contribution < -0.4 is 0 Å². The molecule has 0 atom stereocenters. The number of ether oxygens (including phenoxy) is 1. The normalized spacial score (nSPS) is 17.1. The van der Waals surface area contributed by atoms with Crippen LogP contribution in [0.15, 0.2) is 24.3 Å². The zero-order valence-corrected chi connectivity index (χ0v) is 13.5. The Kier molecular flexibility index (Phi) is 5.80. The summed E-state index contributed by atoms with van der Waals surface area (Å²) in [5.41, 5.74) is 2.74. The molecule has 3 heteroatoms. The Balaban J connectivity index is 1.82. The summed E-state index contributed by atoms with van der Waals surface area (Å²) in [5.74, 6) is 0.669. The summed E-state index contributed by atoms with van der Waals surface area (Å²) in [7, 11) is 0. The van der Waals surface area contributed by atoms with Crippen LogP contribution in [0, 0.1) is 5.92 Å². The van der Waals surface area contributed by atoms with Crippen molar-refractivity contribution in [3.05, 3.63) is 35.4 Å².